The average molecular weight is 233 g/mol. The molecule has 1 amide bonds. The van der Waals surface area contributed by atoms with E-state index in [1.165, 1.54) is 6.42 Å². The summed E-state index contributed by atoms with van der Waals surface area (Å²) in [6.45, 7) is 3.95. The minimum Gasteiger partial charge on any atom is -0.316 e. The third kappa shape index (κ3) is 3.82. The first kappa shape index (κ1) is 12.0. The molecule has 2 N–H and O–H groups in total. The quantitative estimate of drug-likeness (QED) is 0.835. The number of nitrogens with zero attached hydrogens (tertiary/aromatic N) is 1. The van der Waals surface area contributed by atoms with Gasteiger partial charge in [-0.05, 0) is 50.9 Å². The van der Waals surface area contributed by atoms with Crippen LogP contribution in [0.5, 0.6) is 0 Å². The molecule has 1 fully saturated rings. The molecule has 0 bridgehead atoms. The molecule has 1 aromatic heterocycles. The third-order valence-corrected chi connectivity index (χ3v) is 3.03. The first-order valence-electron chi connectivity index (χ1n) is 6.18. The molecule has 1 aliphatic rings. The lowest BCUT2D eigenvalue weighted by Crippen LogP contribution is -2.32. The number of rotatable bonds is 3. The highest BCUT2D eigenvalue weighted by Crippen LogP contribution is 2.15. The van der Waals surface area contributed by atoms with Gasteiger partial charge >= 0.3 is 0 Å². The summed E-state index contributed by atoms with van der Waals surface area (Å²) in [5.41, 5.74) is 0.919. The van der Waals surface area contributed by atoms with E-state index in [0.29, 0.717) is 18.2 Å². The number of pyridine rings is 1. The molecule has 1 aromatic rings. The molecule has 1 saturated heterocycles. The van der Waals surface area contributed by atoms with E-state index in [-0.39, 0.29) is 5.91 Å². The van der Waals surface area contributed by atoms with Crippen molar-refractivity contribution in [1.29, 1.82) is 0 Å². The minimum atomic E-state index is 0.0665. The summed E-state index contributed by atoms with van der Waals surface area (Å²) >= 11 is 0. The zero-order valence-corrected chi connectivity index (χ0v) is 10.2. The predicted molar refractivity (Wildman–Crippen MR) is 67.8 cm³/mol. The number of nitrogens with one attached hydrogen (secondary N) is 2. The van der Waals surface area contributed by atoms with E-state index < -0.39 is 0 Å². The van der Waals surface area contributed by atoms with Crippen molar-refractivity contribution in [2.45, 2.75) is 26.2 Å². The lowest BCUT2D eigenvalue weighted by Gasteiger charge is -2.21. The third-order valence-electron chi connectivity index (χ3n) is 3.03. The van der Waals surface area contributed by atoms with E-state index in [4.69, 9.17) is 0 Å². The number of hydrogen-bond acceptors (Lipinski definition) is 3. The van der Waals surface area contributed by atoms with Crippen molar-refractivity contribution in [3.8, 4) is 0 Å². The van der Waals surface area contributed by atoms with Crippen LogP contribution < -0.4 is 10.6 Å². The summed E-state index contributed by atoms with van der Waals surface area (Å²) in [5.74, 6) is 1.18. The number of amides is 1. The number of piperidine rings is 1. The lowest BCUT2D eigenvalue weighted by atomic mass is 9.96. The zero-order chi connectivity index (χ0) is 12.1. The van der Waals surface area contributed by atoms with Crippen LogP contribution in [-0.4, -0.2) is 24.0 Å². The highest BCUT2D eigenvalue weighted by atomic mass is 16.1. The Morgan fingerprint density at radius 3 is 3.18 bits per heavy atom. The Balaban J connectivity index is 1.84. The first-order chi connectivity index (χ1) is 8.24. The molecule has 0 radical (unpaired) electrons. The van der Waals surface area contributed by atoms with Gasteiger partial charge in [-0.1, -0.05) is 6.07 Å². The maximum atomic E-state index is 11.8. The largest absolute Gasteiger partial charge is 0.316 e. The van der Waals surface area contributed by atoms with Gasteiger partial charge in [0, 0.05) is 12.1 Å². The van der Waals surface area contributed by atoms with E-state index in [1.54, 1.807) is 0 Å². The van der Waals surface area contributed by atoms with E-state index in [2.05, 4.69) is 15.6 Å². The van der Waals surface area contributed by atoms with Crippen molar-refractivity contribution in [1.82, 2.24) is 10.3 Å². The Morgan fingerprint density at radius 1 is 1.59 bits per heavy atom. The SMILES string of the molecule is Cc1cccc(NC(=O)CC2CCCNC2)n1. The smallest absolute Gasteiger partial charge is 0.225 e. The van der Waals surface area contributed by atoms with Gasteiger partial charge < -0.3 is 10.6 Å². The summed E-state index contributed by atoms with van der Waals surface area (Å²) in [7, 11) is 0. The molecule has 0 saturated carbocycles. The maximum absolute atomic E-state index is 11.8. The Morgan fingerprint density at radius 2 is 2.47 bits per heavy atom. The molecule has 1 unspecified atom stereocenters. The fraction of sp³-hybridized carbons (Fsp3) is 0.538. The van der Waals surface area contributed by atoms with Crippen LogP contribution in [0.2, 0.25) is 0 Å². The molecule has 17 heavy (non-hydrogen) atoms. The van der Waals surface area contributed by atoms with Crippen molar-refractivity contribution in [2.75, 3.05) is 18.4 Å². The van der Waals surface area contributed by atoms with Gasteiger partial charge in [-0.25, -0.2) is 4.98 Å². The van der Waals surface area contributed by atoms with Gasteiger partial charge in [0.2, 0.25) is 5.91 Å². The van der Waals surface area contributed by atoms with E-state index >= 15 is 0 Å². The van der Waals surface area contributed by atoms with Gasteiger partial charge in [0.05, 0.1) is 0 Å². The second kappa shape index (κ2) is 5.77. The van der Waals surface area contributed by atoms with Crippen LogP contribution in [-0.2, 0) is 4.79 Å². The lowest BCUT2D eigenvalue weighted by molar-refractivity contribution is -0.117. The van der Waals surface area contributed by atoms with E-state index in [9.17, 15) is 4.79 Å². The van der Waals surface area contributed by atoms with Crippen LogP contribution in [0.4, 0.5) is 5.82 Å². The zero-order valence-electron chi connectivity index (χ0n) is 10.2. The standard InChI is InChI=1S/C13H19N3O/c1-10-4-2-6-12(15-10)16-13(17)8-11-5-3-7-14-9-11/h2,4,6,11,14H,3,5,7-9H2,1H3,(H,15,16,17). The fourth-order valence-corrected chi connectivity index (χ4v) is 2.17. The Labute approximate surface area is 102 Å². The van der Waals surface area contributed by atoms with Crippen LogP contribution in [0.15, 0.2) is 18.2 Å². The summed E-state index contributed by atoms with van der Waals surface area (Å²) in [6.07, 6.45) is 2.89. The predicted octanol–water partition coefficient (Wildman–Crippen LogP) is 1.72. The molecule has 2 heterocycles. The maximum Gasteiger partial charge on any atom is 0.225 e. The minimum absolute atomic E-state index is 0.0665. The number of hydrogen-bond donors (Lipinski definition) is 2. The number of aromatic nitrogens is 1. The summed E-state index contributed by atoms with van der Waals surface area (Å²) in [5, 5.41) is 6.17. The van der Waals surface area contributed by atoms with Gasteiger partial charge in [-0.3, -0.25) is 4.79 Å². The molecule has 92 valence electrons. The Kier molecular flexibility index (Phi) is 4.09. The molecule has 1 aliphatic heterocycles. The number of carbonyl (C=O) groups is 1. The highest BCUT2D eigenvalue weighted by molar-refractivity contribution is 5.89. The van der Waals surface area contributed by atoms with Crippen molar-refractivity contribution in [3.63, 3.8) is 0 Å². The molecule has 2 rings (SSSR count). The fourth-order valence-electron chi connectivity index (χ4n) is 2.17. The van der Waals surface area contributed by atoms with Gasteiger partial charge in [-0.15, -0.1) is 0 Å². The highest BCUT2D eigenvalue weighted by Gasteiger charge is 2.16. The topological polar surface area (TPSA) is 54.0 Å². The van der Waals surface area contributed by atoms with Gasteiger partial charge in [0.15, 0.2) is 0 Å². The number of carbonyl (C=O) groups excluding carboxylic acids is 1. The monoisotopic (exact) mass is 233 g/mol. The van der Waals surface area contributed by atoms with E-state index in [1.807, 2.05) is 25.1 Å². The molecule has 4 heteroatoms. The molecule has 0 aliphatic carbocycles. The molecule has 0 aromatic carbocycles. The molecule has 4 nitrogen and oxygen atoms in total. The number of aryl methyl sites for hydroxylation is 1. The Hall–Kier alpha value is -1.42. The Bertz CT molecular complexity index is 386. The second-order valence-electron chi connectivity index (χ2n) is 4.63. The van der Waals surface area contributed by atoms with Crippen molar-refractivity contribution >= 4 is 11.7 Å². The average Bonchev–Trinajstić information content (AvgIpc) is 2.30. The first-order valence-corrected chi connectivity index (χ1v) is 6.18. The van der Waals surface area contributed by atoms with Crippen molar-refractivity contribution < 1.29 is 4.79 Å². The number of anilines is 1. The van der Waals surface area contributed by atoms with Crippen LogP contribution in [0.25, 0.3) is 0 Å². The van der Waals surface area contributed by atoms with Crippen molar-refractivity contribution in [2.24, 2.45) is 5.92 Å². The van der Waals surface area contributed by atoms with Crippen LogP contribution in [0.3, 0.4) is 0 Å². The van der Waals surface area contributed by atoms with E-state index in [0.717, 1.165) is 25.2 Å². The molecule has 0 spiro atoms. The summed E-state index contributed by atoms with van der Waals surface area (Å²) in [4.78, 5) is 16.1. The van der Waals surface area contributed by atoms with Crippen molar-refractivity contribution in [3.05, 3.63) is 23.9 Å². The van der Waals surface area contributed by atoms with Crippen LogP contribution in [0, 0.1) is 12.8 Å². The van der Waals surface area contributed by atoms with Crippen LogP contribution in [0.1, 0.15) is 25.0 Å². The normalized spacial score (nSPS) is 19.9. The summed E-state index contributed by atoms with van der Waals surface area (Å²) in [6, 6.07) is 5.64. The molecular weight excluding hydrogens is 214 g/mol. The van der Waals surface area contributed by atoms with Gasteiger partial charge in [0.1, 0.15) is 5.82 Å². The van der Waals surface area contributed by atoms with Gasteiger partial charge in [0.25, 0.3) is 0 Å². The van der Waals surface area contributed by atoms with Gasteiger partial charge in [-0.2, -0.15) is 0 Å². The van der Waals surface area contributed by atoms with Crippen LogP contribution >= 0.6 is 0 Å². The molecule has 1 atom stereocenters. The molecular formula is C13H19N3O. The summed E-state index contributed by atoms with van der Waals surface area (Å²) < 4.78 is 0. The second-order valence-corrected chi connectivity index (χ2v) is 4.63.